The number of benzene rings is 2. The first-order valence-electron chi connectivity index (χ1n) is 6.80. The number of hydrogen-bond acceptors (Lipinski definition) is 1. The number of halogens is 1. The molecule has 0 spiro atoms. The van der Waals surface area contributed by atoms with E-state index in [0.717, 1.165) is 19.0 Å². The Kier molecular flexibility index (Phi) is 3.61. The molecule has 1 nitrogen and oxygen atoms in total. The minimum absolute atomic E-state index is 0.720. The van der Waals surface area contributed by atoms with Gasteiger partial charge in [-0.3, -0.25) is 0 Å². The van der Waals surface area contributed by atoms with E-state index in [1.165, 1.54) is 27.7 Å². The lowest BCUT2D eigenvalue weighted by Gasteiger charge is -2.35. The van der Waals surface area contributed by atoms with Gasteiger partial charge in [-0.2, -0.15) is 0 Å². The quantitative estimate of drug-likeness (QED) is 0.779. The Hall–Kier alpha value is -1.28. The minimum Gasteiger partial charge on any atom is -0.367 e. The second-order valence-electron chi connectivity index (χ2n) is 5.41. The van der Waals surface area contributed by atoms with E-state index in [1.54, 1.807) is 0 Å². The lowest BCUT2D eigenvalue weighted by atomic mass is 9.93. The molecule has 1 aliphatic heterocycles. The number of anilines is 1. The van der Waals surface area contributed by atoms with Crippen molar-refractivity contribution in [3.05, 3.63) is 64.1 Å². The predicted molar refractivity (Wildman–Crippen MR) is 84.5 cm³/mol. The molecule has 98 valence electrons. The topological polar surface area (TPSA) is 3.24 Å². The second kappa shape index (κ2) is 5.38. The van der Waals surface area contributed by atoms with Gasteiger partial charge in [0.15, 0.2) is 0 Å². The number of hydrogen-bond donors (Lipinski definition) is 0. The van der Waals surface area contributed by atoms with Crippen LogP contribution in [-0.4, -0.2) is 6.54 Å². The van der Waals surface area contributed by atoms with Crippen LogP contribution < -0.4 is 4.90 Å². The summed E-state index contributed by atoms with van der Waals surface area (Å²) in [7, 11) is 0. The van der Waals surface area contributed by atoms with Crippen LogP contribution in [0.4, 0.5) is 5.69 Å². The van der Waals surface area contributed by atoms with E-state index in [0.29, 0.717) is 0 Å². The molecular weight excluding hydrogens is 298 g/mol. The van der Waals surface area contributed by atoms with Gasteiger partial charge in [0.25, 0.3) is 0 Å². The molecule has 2 aromatic carbocycles. The maximum Gasteiger partial charge on any atom is 0.0440 e. The van der Waals surface area contributed by atoms with Gasteiger partial charge >= 0.3 is 0 Å². The van der Waals surface area contributed by atoms with Crippen LogP contribution in [0.3, 0.4) is 0 Å². The van der Waals surface area contributed by atoms with Gasteiger partial charge in [-0.15, -0.1) is 0 Å². The molecule has 2 aromatic rings. The molecule has 1 unspecified atom stereocenters. The fraction of sp³-hybridized carbons (Fsp3) is 0.294. The van der Waals surface area contributed by atoms with Crippen molar-refractivity contribution in [3.63, 3.8) is 0 Å². The first kappa shape index (κ1) is 12.7. The molecule has 0 amide bonds. The van der Waals surface area contributed by atoms with Crippen molar-refractivity contribution in [2.24, 2.45) is 5.92 Å². The summed E-state index contributed by atoms with van der Waals surface area (Å²) in [4.78, 5) is 2.50. The fourth-order valence-electron chi connectivity index (χ4n) is 2.89. The minimum atomic E-state index is 0.720. The Bertz CT molecular complexity index is 579. The van der Waals surface area contributed by atoms with Crippen LogP contribution in [-0.2, 0) is 13.0 Å². The molecule has 2 heteroatoms. The molecule has 0 bridgehead atoms. The Morgan fingerprint density at radius 2 is 1.84 bits per heavy atom. The summed E-state index contributed by atoms with van der Waals surface area (Å²) in [5, 5.41) is 0. The summed E-state index contributed by atoms with van der Waals surface area (Å²) in [6.45, 7) is 4.45. The highest BCUT2D eigenvalue weighted by atomic mass is 79.9. The molecular formula is C17H18BrN. The standard InChI is InChI=1S/C17H18BrN/c1-13-10-14-6-3-5-9-17(14)19(11-13)12-15-7-2-4-8-16(15)18/h2-9,13H,10-12H2,1H3. The van der Waals surface area contributed by atoms with Crippen LogP contribution in [0, 0.1) is 5.92 Å². The third-order valence-corrected chi connectivity index (χ3v) is 4.53. The van der Waals surface area contributed by atoms with Gasteiger partial charge in [0, 0.05) is 23.2 Å². The lowest BCUT2D eigenvalue weighted by molar-refractivity contribution is 0.530. The predicted octanol–water partition coefficient (Wildman–Crippen LogP) is 4.65. The first-order chi connectivity index (χ1) is 9.24. The Morgan fingerprint density at radius 3 is 2.68 bits per heavy atom. The van der Waals surface area contributed by atoms with Crippen LogP contribution in [0.1, 0.15) is 18.1 Å². The molecule has 3 rings (SSSR count). The number of para-hydroxylation sites is 1. The van der Waals surface area contributed by atoms with Gasteiger partial charge in [-0.05, 0) is 35.6 Å². The molecule has 0 N–H and O–H groups in total. The van der Waals surface area contributed by atoms with E-state index in [-0.39, 0.29) is 0 Å². The largest absolute Gasteiger partial charge is 0.367 e. The molecule has 1 aliphatic rings. The van der Waals surface area contributed by atoms with E-state index in [2.05, 4.69) is 76.3 Å². The highest BCUT2D eigenvalue weighted by Crippen LogP contribution is 2.31. The molecule has 19 heavy (non-hydrogen) atoms. The van der Waals surface area contributed by atoms with Crippen molar-refractivity contribution >= 4 is 21.6 Å². The normalized spacial score (nSPS) is 18.2. The maximum atomic E-state index is 3.65. The number of nitrogens with zero attached hydrogens (tertiary/aromatic N) is 1. The average Bonchev–Trinajstić information content (AvgIpc) is 2.41. The van der Waals surface area contributed by atoms with Gasteiger partial charge in [0.2, 0.25) is 0 Å². The van der Waals surface area contributed by atoms with Crippen molar-refractivity contribution in [2.45, 2.75) is 19.9 Å². The molecule has 0 saturated heterocycles. The second-order valence-corrected chi connectivity index (χ2v) is 6.26. The smallest absolute Gasteiger partial charge is 0.0440 e. The fourth-order valence-corrected chi connectivity index (χ4v) is 3.30. The summed E-state index contributed by atoms with van der Waals surface area (Å²) in [5.41, 5.74) is 4.23. The van der Waals surface area contributed by atoms with Gasteiger partial charge in [-0.1, -0.05) is 59.3 Å². The van der Waals surface area contributed by atoms with Crippen LogP contribution in [0.25, 0.3) is 0 Å². The van der Waals surface area contributed by atoms with Crippen LogP contribution >= 0.6 is 15.9 Å². The zero-order valence-electron chi connectivity index (χ0n) is 11.1. The summed E-state index contributed by atoms with van der Waals surface area (Å²) < 4.78 is 1.20. The van der Waals surface area contributed by atoms with Crippen LogP contribution in [0.15, 0.2) is 53.0 Å². The summed E-state index contributed by atoms with van der Waals surface area (Å²) in [6.07, 6.45) is 1.20. The number of rotatable bonds is 2. The van der Waals surface area contributed by atoms with E-state index >= 15 is 0 Å². The Labute approximate surface area is 123 Å². The zero-order chi connectivity index (χ0) is 13.2. The van der Waals surface area contributed by atoms with Gasteiger partial charge in [0.1, 0.15) is 0 Å². The summed E-state index contributed by atoms with van der Waals surface area (Å²) in [5.74, 6) is 0.720. The van der Waals surface area contributed by atoms with Crippen molar-refractivity contribution in [1.29, 1.82) is 0 Å². The van der Waals surface area contributed by atoms with Gasteiger partial charge in [0.05, 0.1) is 0 Å². The van der Waals surface area contributed by atoms with Crippen molar-refractivity contribution in [2.75, 3.05) is 11.4 Å². The molecule has 1 heterocycles. The third-order valence-electron chi connectivity index (χ3n) is 3.75. The van der Waals surface area contributed by atoms with Crippen molar-refractivity contribution in [1.82, 2.24) is 0 Å². The maximum absolute atomic E-state index is 3.65. The van der Waals surface area contributed by atoms with Crippen molar-refractivity contribution in [3.8, 4) is 0 Å². The molecule has 0 aromatic heterocycles. The SMILES string of the molecule is CC1Cc2ccccc2N(Cc2ccccc2Br)C1. The van der Waals surface area contributed by atoms with E-state index in [4.69, 9.17) is 0 Å². The van der Waals surface area contributed by atoms with E-state index in [1.807, 2.05) is 0 Å². The Balaban J connectivity index is 1.91. The number of fused-ring (bicyclic) bond motifs is 1. The zero-order valence-corrected chi connectivity index (χ0v) is 12.7. The lowest BCUT2D eigenvalue weighted by Crippen LogP contribution is -2.33. The summed E-state index contributed by atoms with van der Waals surface area (Å²) >= 11 is 3.65. The third kappa shape index (κ3) is 2.69. The average molecular weight is 316 g/mol. The molecule has 0 fully saturated rings. The van der Waals surface area contributed by atoms with Gasteiger partial charge < -0.3 is 4.90 Å². The van der Waals surface area contributed by atoms with Crippen LogP contribution in [0.5, 0.6) is 0 Å². The molecule has 0 aliphatic carbocycles. The molecule has 1 atom stereocenters. The first-order valence-corrected chi connectivity index (χ1v) is 7.59. The Morgan fingerprint density at radius 1 is 1.11 bits per heavy atom. The monoisotopic (exact) mass is 315 g/mol. The van der Waals surface area contributed by atoms with Crippen LogP contribution in [0.2, 0.25) is 0 Å². The molecule has 0 saturated carbocycles. The molecule has 0 radical (unpaired) electrons. The highest BCUT2D eigenvalue weighted by molar-refractivity contribution is 9.10. The highest BCUT2D eigenvalue weighted by Gasteiger charge is 2.21. The van der Waals surface area contributed by atoms with E-state index < -0.39 is 0 Å². The van der Waals surface area contributed by atoms with Gasteiger partial charge in [-0.25, -0.2) is 0 Å². The van der Waals surface area contributed by atoms with E-state index in [9.17, 15) is 0 Å². The summed E-state index contributed by atoms with van der Waals surface area (Å²) in [6, 6.07) is 17.3. The van der Waals surface area contributed by atoms with Crippen molar-refractivity contribution < 1.29 is 0 Å².